The quantitative estimate of drug-likeness (QED) is 0.745. The van der Waals surface area contributed by atoms with Crippen molar-refractivity contribution in [2.75, 3.05) is 20.2 Å². The van der Waals surface area contributed by atoms with Gasteiger partial charge in [-0.3, -0.25) is 4.79 Å². The number of amides is 2. The molecule has 0 bridgehead atoms. The largest absolute Gasteiger partial charge is 0.445 e. The lowest BCUT2D eigenvalue weighted by molar-refractivity contribution is -0.136. The Bertz CT molecular complexity index is 667. The predicted octanol–water partition coefficient (Wildman–Crippen LogP) is 1.92. The molecule has 0 saturated carbocycles. The first-order chi connectivity index (χ1) is 13.5. The molecule has 4 atom stereocenters. The Hall–Kier alpha value is -2.12. The van der Waals surface area contributed by atoms with E-state index in [9.17, 15) is 9.59 Å². The number of alkyl carbamates (subject to hydrolysis) is 1. The van der Waals surface area contributed by atoms with Crippen LogP contribution in [0.4, 0.5) is 4.79 Å². The fraction of sp³-hybridized carbons (Fsp3) is 0.619. The first-order valence-corrected chi connectivity index (χ1v) is 10.0. The van der Waals surface area contributed by atoms with Crippen LogP contribution < -0.4 is 10.6 Å². The van der Waals surface area contributed by atoms with Crippen molar-refractivity contribution in [2.45, 2.75) is 57.5 Å². The van der Waals surface area contributed by atoms with Crippen LogP contribution in [0, 0.1) is 5.92 Å². The maximum absolute atomic E-state index is 13.3. The standard InChI is InChI=1S/C21H31N3O4/c1-14(2)11-17(23-21(26)28-13-15-7-5-4-6-8-15)20(25)24-10-9-16-19(24)18(27-3)12-22-16/h4-8,14,16-19,22H,9-13H2,1-3H3,(H,23,26)/t16?,17-,18?,19?/m0/s1. The van der Waals surface area contributed by atoms with Gasteiger partial charge >= 0.3 is 6.09 Å². The number of benzene rings is 1. The monoisotopic (exact) mass is 389 g/mol. The second kappa shape index (κ2) is 9.39. The summed E-state index contributed by atoms with van der Waals surface area (Å²) in [6.45, 7) is 5.69. The number of hydrogen-bond acceptors (Lipinski definition) is 5. The molecule has 2 heterocycles. The molecule has 2 aliphatic rings. The average Bonchev–Trinajstić information content (AvgIpc) is 3.27. The molecule has 2 N–H and O–H groups in total. The summed E-state index contributed by atoms with van der Waals surface area (Å²) in [5.74, 6) is 0.213. The normalized spacial score (nSPS) is 24.9. The maximum atomic E-state index is 13.3. The Morgan fingerprint density at radius 2 is 2.04 bits per heavy atom. The van der Waals surface area contributed by atoms with Crippen LogP contribution in [-0.4, -0.2) is 61.3 Å². The maximum Gasteiger partial charge on any atom is 0.408 e. The number of likely N-dealkylation sites (tertiary alicyclic amines) is 1. The van der Waals surface area contributed by atoms with Gasteiger partial charge in [-0.2, -0.15) is 0 Å². The lowest BCUT2D eigenvalue weighted by Gasteiger charge is -2.31. The number of nitrogens with zero attached hydrogens (tertiary/aromatic N) is 1. The molecule has 0 aliphatic carbocycles. The van der Waals surface area contributed by atoms with E-state index in [1.165, 1.54) is 0 Å². The van der Waals surface area contributed by atoms with E-state index in [1.807, 2.05) is 49.1 Å². The zero-order valence-electron chi connectivity index (χ0n) is 16.9. The van der Waals surface area contributed by atoms with E-state index in [0.29, 0.717) is 13.0 Å². The highest BCUT2D eigenvalue weighted by Gasteiger charge is 2.47. The van der Waals surface area contributed by atoms with Crippen LogP contribution in [0.5, 0.6) is 0 Å². The third-order valence-corrected chi connectivity index (χ3v) is 5.51. The molecule has 2 aliphatic heterocycles. The van der Waals surface area contributed by atoms with E-state index in [2.05, 4.69) is 10.6 Å². The molecule has 7 heteroatoms. The van der Waals surface area contributed by atoms with Crippen LogP contribution in [-0.2, 0) is 20.9 Å². The molecular formula is C21H31N3O4. The Morgan fingerprint density at radius 1 is 1.29 bits per heavy atom. The van der Waals surface area contributed by atoms with Crippen molar-refractivity contribution in [1.29, 1.82) is 0 Å². The number of rotatable bonds is 7. The molecule has 1 aromatic carbocycles. The summed E-state index contributed by atoms with van der Waals surface area (Å²) in [6, 6.07) is 9.18. The molecule has 0 radical (unpaired) electrons. The minimum absolute atomic E-state index is 0.0128. The lowest BCUT2D eigenvalue weighted by Crippen LogP contribution is -2.53. The molecule has 0 spiro atoms. The minimum atomic E-state index is -0.597. The van der Waals surface area contributed by atoms with Gasteiger partial charge in [0.05, 0.1) is 12.1 Å². The summed E-state index contributed by atoms with van der Waals surface area (Å²) >= 11 is 0. The van der Waals surface area contributed by atoms with Gasteiger partial charge < -0.3 is 25.0 Å². The van der Waals surface area contributed by atoms with Gasteiger partial charge in [0.25, 0.3) is 0 Å². The van der Waals surface area contributed by atoms with Crippen LogP contribution in [0.1, 0.15) is 32.3 Å². The summed E-state index contributed by atoms with van der Waals surface area (Å²) in [5, 5.41) is 6.23. The van der Waals surface area contributed by atoms with Crippen molar-refractivity contribution in [3.63, 3.8) is 0 Å². The third-order valence-electron chi connectivity index (χ3n) is 5.51. The van der Waals surface area contributed by atoms with Crippen LogP contribution >= 0.6 is 0 Å². The van der Waals surface area contributed by atoms with Crippen LogP contribution in [0.15, 0.2) is 30.3 Å². The molecule has 0 aromatic heterocycles. The van der Waals surface area contributed by atoms with Gasteiger partial charge in [0.2, 0.25) is 5.91 Å². The van der Waals surface area contributed by atoms with E-state index >= 15 is 0 Å². The number of carbonyl (C=O) groups excluding carboxylic acids is 2. The molecule has 1 aromatic rings. The molecule has 154 valence electrons. The summed E-state index contributed by atoms with van der Waals surface area (Å²) in [4.78, 5) is 27.5. The molecule has 7 nitrogen and oxygen atoms in total. The predicted molar refractivity (Wildman–Crippen MR) is 106 cm³/mol. The highest BCUT2D eigenvalue weighted by atomic mass is 16.5. The van der Waals surface area contributed by atoms with Crippen molar-refractivity contribution >= 4 is 12.0 Å². The molecule has 2 amide bonds. The highest BCUT2D eigenvalue weighted by molar-refractivity contribution is 5.86. The lowest BCUT2D eigenvalue weighted by atomic mass is 10.0. The third kappa shape index (κ3) is 4.83. The van der Waals surface area contributed by atoms with Gasteiger partial charge in [-0.1, -0.05) is 44.2 Å². The average molecular weight is 389 g/mol. The van der Waals surface area contributed by atoms with Gasteiger partial charge in [-0.05, 0) is 24.3 Å². The minimum Gasteiger partial charge on any atom is -0.445 e. The Morgan fingerprint density at radius 3 is 2.71 bits per heavy atom. The Labute approximate surface area is 166 Å². The van der Waals surface area contributed by atoms with Crippen LogP contribution in [0.3, 0.4) is 0 Å². The van der Waals surface area contributed by atoms with Crippen molar-refractivity contribution in [2.24, 2.45) is 5.92 Å². The van der Waals surface area contributed by atoms with Gasteiger partial charge in [-0.25, -0.2) is 4.79 Å². The zero-order valence-corrected chi connectivity index (χ0v) is 16.9. The number of fused-ring (bicyclic) bond motifs is 1. The second-order valence-corrected chi connectivity index (χ2v) is 7.99. The SMILES string of the molecule is COC1CNC2CCN(C(=O)[C@H](CC(C)C)NC(=O)OCc3ccccc3)C21. The second-order valence-electron chi connectivity index (χ2n) is 7.99. The zero-order chi connectivity index (χ0) is 20.1. The number of hydrogen-bond donors (Lipinski definition) is 2. The van der Waals surface area contributed by atoms with Gasteiger partial charge in [0, 0.05) is 26.2 Å². The van der Waals surface area contributed by atoms with Gasteiger partial charge in [0.1, 0.15) is 12.6 Å². The summed E-state index contributed by atoms with van der Waals surface area (Å²) < 4.78 is 10.9. The number of methoxy groups -OCH3 is 1. The molecular weight excluding hydrogens is 358 g/mol. The smallest absolute Gasteiger partial charge is 0.408 e. The van der Waals surface area contributed by atoms with Crippen LogP contribution in [0.2, 0.25) is 0 Å². The molecule has 3 unspecified atom stereocenters. The van der Waals surface area contributed by atoms with Gasteiger partial charge in [-0.15, -0.1) is 0 Å². The highest BCUT2D eigenvalue weighted by Crippen LogP contribution is 2.28. The molecule has 3 rings (SSSR count). The van der Waals surface area contributed by atoms with Gasteiger partial charge in [0.15, 0.2) is 0 Å². The van der Waals surface area contributed by atoms with E-state index in [0.717, 1.165) is 18.5 Å². The van der Waals surface area contributed by atoms with E-state index < -0.39 is 12.1 Å². The van der Waals surface area contributed by atoms with Crippen molar-refractivity contribution < 1.29 is 19.1 Å². The number of carbonyl (C=O) groups is 2. The first kappa shape index (κ1) is 20.6. The van der Waals surface area contributed by atoms with E-state index in [4.69, 9.17) is 9.47 Å². The summed E-state index contributed by atoms with van der Waals surface area (Å²) in [7, 11) is 1.68. The molecule has 28 heavy (non-hydrogen) atoms. The Kier molecular flexibility index (Phi) is 6.91. The number of ether oxygens (including phenoxy) is 2. The molecule has 2 saturated heterocycles. The van der Waals surface area contributed by atoms with Crippen molar-refractivity contribution in [3.8, 4) is 0 Å². The van der Waals surface area contributed by atoms with Crippen molar-refractivity contribution in [1.82, 2.24) is 15.5 Å². The fourth-order valence-corrected chi connectivity index (χ4v) is 4.17. The van der Waals surface area contributed by atoms with Crippen molar-refractivity contribution in [3.05, 3.63) is 35.9 Å². The van der Waals surface area contributed by atoms with Crippen LogP contribution in [0.25, 0.3) is 0 Å². The number of nitrogens with one attached hydrogen (secondary N) is 2. The first-order valence-electron chi connectivity index (χ1n) is 10.0. The summed E-state index contributed by atoms with van der Waals surface area (Å²) in [6.07, 6.45) is 0.897. The van der Waals surface area contributed by atoms with E-state index in [1.54, 1.807) is 7.11 Å². The molecule has 2 fully saturated rings. The van der Waals surface area contributed by atoms with E-state index in [-0.39, 0.29) is 36.6 Å². The summed E-state index contributed by atoms with van der Waals surface area (Å²) in [5.41, 5.74) is 0.909. The Balaban J connectivity index is 1.62. The topological polar surface area (TPSA) is 79.9 Å². The fourth-order valence-electron chi connectivity index (χ4n) is 4.17.